The van der Waals surface area contributed by atoms with Gasteiger partial charge in [0.1, 0.15) is 12.4 Å². The van der Waals surface area contributed by atoms with E-state index in [1.807, 2.05) is 54.9 Å². The minimum atomic E-state index is -0.129. The number of carbonyl (C=O) groups excluding carboxylic acids is 1. The zero-order valence-electron chi connectivity index (χ0n) is 15.0. The van der Waals surface area contributed by atoms with Crippen LogP contribution >= 0.6 is 23.4 Å². The van der Waals surface area contributed by atoms with Crippen LogP contribution in [0.3, 0.4) is 0 Å². The van der Waals surface area contributed by atoms with Gasteiger partial charge in [-0.2, -0.15) is 0 Å². The van der Waals surface area contributed by atoms with Crippen LogP contribution in [0.1, 0.15) is 11.4 Å². The second kappa shape index (κ2) is 8.92. The number of amides is 1. The Balaban J connectivity index is 1.54. The maximum absolute atomic E-state index is 12.2. The minimum absolute atomic E-state index is 0.129. The molecule has 0 aliphatic heterocycles. The quantitative estimate of drug-likeness (QED) is 0.603. The minimum Gasteiger partial charge on any atom is -0.486 e. The van der Waals surface area contributed by atoms with Crippen LogP contribution in [0.25, 0.3) is 0 Å². The number of anilines is 1. The van der Waals surface area contributed by atoms with Crippen molar-refractivity contribution in [2.24, 2.45) is 7.05 Å². The molecule has 3 rings (SSSR count). The molecule has 0 aliphatic rings. The molecule has 0 unspecified atom stereocenters. The molecule has 6 nitrogen and oxygen atoms in total. The fourth-order valence-electron chi connectivity index (χ4n) is 2.31. The molecule has 0 spiro atoms. The van der Waals surface area contributed by atoms with Crippen molar-refractivity contribution in [1.82, 2.24) is 14.8 Å². The molecule has 3 aromatic rings. The molecule has 0 aliphatic carbocycles. The first-order valence-electron chi connectivity index (χ1n) is 8.28. The van der Waals surface area contributed by atoms with E-state index in [0.717, 1.165) is 11.3 Å². The Hall–Kier alpha value is -2.51. The summed E-state index contributed by atoms with van der Waals surface area (Å²) in [5, 5.41) is 12.4. The van der Waals surface area contributed by atoms with Crippen LogP contribution < -0.4 is 10.1 Å². The van der Waals surface area contributed by atoms with Gasteiger partial charge in [-0.05, 0) is 36.8 Å². The lowest BCUT2D eigenvalue weighted by Gasteiger charge is -2.09. The Morgan fingerprint density at radius 3 is 2.78 bits per heavy atom. The number of thioether (sulfide) groups is 1. The van der Waals surface area contributed by atoms with Crippen molar-refractivity contribution in [3.8, 4) is 5.75 Å². The van der Waals surface area contributed by atoms with Gasteiger partial charge in [-0.1, -0.05) is 47.6 Å². The van der Waals surface area contributed by atoms with E-state index in [1.54, 1.807) is 12.1 Å². The van der Waals surface area contributed by atoms with Crippen LogP contribution in [0.5, 0.6) is 5.75 Å². The Morgan fingerprint density at radius 1 is 1.22 bits per heavy atom. The lowest BCUT2D eigenvalue weighted by atomic mass is 10.2. The van der Waals surface area contributed by atoms with Crippen molar-refractivity contribution in [2.45, 2.75) is 18.7 Å². The largest absolute Gasteiger partial charge is 0.486 e. The summed E-state index contributed by atoms with van der Waals surface area (Å²) in [7, 11) is 1.85. The third-order valence-corrected chi connectivity index (χ3v) is 5.10. The normalized spacial score (nSPS) is 10.6. The summed E-state index contributed by atoms with van der Waals surface area (Å²) in [4.78, 5) is 12.2. The average Bonchev–Trinajstić information content (AvgIpc) is 3.02. The molecule has 140 valence electrons. The van der Waals surface area contributed by atoms with E-state index in [2.05, 4.69) is 15.5 Å². The predicted octanol–water partition coefficient (Wildman–Crippen LogP) is 4.09. The molecule has 0 atom stereocenters. The maximum Gasteiger partial charge on any atom is 0.234 e. The standard InChI is InChI=1S/C19H19ClN4O2S/c1-13-8-9-14(20)10-16(13)21-18(25)12-27-19-23-22-17(24(19)2)11-26-15-6-4-3-5-7-15/h3-10H,11-12H2,1-2H3,(H,21,25). The molecule has 1 N–H and O–H groups in total. The van der Waals surface area contributed by atoms with E-state index in [4.69, 9.17) is 16.3 Å². The van der Waals surface area contributed by atoms with Gasteiger partial charge in [0.15, 0.2) is 11.0 Å². The smallest absolute Gasteiger partial charge is 0.234 e. The number of ether oxygens (including phenoxy) is 1. The maximum atomic E-state index is 12.2. The van der Waals surface area contributed by atoms with Crippen LogP contribution in [0, 0.1) is 6.92 Å². The summed E-state index contributed by atoms with van der Waals surface area (Å²) < 4.78 is 7.52. The van der Waals surface area contributed by atoms with Crippen molar-refractivity contribution in [2.75, 3.05) is 11.1 Å². The third-order valence-electron chi connectivity index (χ3n) is 3.84. The Morgan fingerprint density at radius 2 is 2.00 bits per heavy atom. The number of nitrogens with zero attached hydrogens (tertiary/aromatic N) is 3. The highest BCUT2D eigenvalue weighted by Gasteiger charge is 2.13. The number of para-hydroxylation sites is 1. The number of aromatic nitrogens is 3. The van der Waals surface area contributed by atoms with Crippen LogP contribution in [0.15, 0.2) is 53.7 Å². The highest BCUT2D eigenvalue weighted by atomic mass is 35.5. The van der Waals surface area contributed by atoms with Crippen molar-refractivity contribution < 1.29 is 9.53 Å². The molecule has 1 heterocycles. The zero-order valence-corrected chi connectivity index (χ0v) is 16.5. The first-order valence-corrected chi connectivity index (χ1v) is 9.64. The van der Waals surface area contributed by atoms with Crippen LogP contribution in [0.2, 0.25) is 5.02 Å². The van der Waals surface area contributed by atoms with Gasteiger partial charge in [-0.3, -0.25) is 4.79 Å². The van der Waals surface area contributed by atoms with Gasteiger partial charge in [0.05, 0.1) is 5.75 Å². The fourth-order valence-corrected chi connectivity index (χ4v) is 3.21. The summed E-state index contributed by atoms with van der Waals surface area (Å²) in [6, 6.07) is 14.9. The number of rotatable bonds is 7. The second-order valence-corrected chi connectivity index (χ2v) is 7.23. The number of halogens is 1. The summed E-state index contributed by atoms with van der Waals surface area (Å²) >= 11 is 7.30. The molecular formula is C19H19ClN4O2S. The highest BCUT2D eigenvalue weighted by molar-refractivity contribution is 7.99. The predicted molar refractivity (Wildman–Crippen MR) is 107 cm³/mol. The highest BCUT2D eigenvalue weighted by Crippen LogP contribution is 2.22. The van der Waals surface area contributed by atoms with Crippen LogP contribution in [-0.4, -0.2) is 26.4 Å². The molecule has 1 aromatic heterocycles. The lowest BCUT2D eigenvalue weighted by Crippen LogP contribution is -2.15. The average molecular weight is 403 g/mol. The van der Waals surface area contributed by atoms with Gasteiger partial charge in [-0.25, -0.2) is 0 Å². The molecule has 0 saturated heterocycles. The van der Waals surface area contributed by atoms with E-state index >= 15 is 0 Å². The zero-order chi connectivity index (χ0) is 19.2. The van der Waals surface area contributed by atoms with Gasteiger partial charge in [0.2, 0.25) is 5.91 Å². The molecule has 0 saturated carbocycles. The third kappa shape index (κ3) is 5.24. The first-order chi connectivity index (χ1) is 13.0. The Labute approximate surface area is 166 Å². The summed E-state index contributed by atoms with van der Waals surface area (Å²) in [6.45, 7) is 2.22. The van der Waals surface area contributed by atoms with Gasteiger partial charge in [0, 0.05) is 17.8 Å². The number of benzene rings is 2. The number of carbonyl (C=O) groups is 1. The monoisotopic (exact) mass is 402 g/mol. The van der Waals surface area contributed by atoms with Crippen molar-refractivity contribution in [3.05, 3.63) is 64.9 Å². The Bertz CT molecular complexity index is 931. The topological polar surface area (TPSA) is 69.0 Å². The molecule has 0 bridgehead atoms. The number of nitrogens with one attached hydrogen (secondary N) is 1. The number of aryl methyl sites for hydroxylation is 1. The number of hydrogen-bond acceptors (Lipinski definition) is 5. The lowest BCUT2D eigenvalue weighted by molar-refractivity contribution is -0.113. The molecule has 2 aromatic carbocycles. The fraction of sp³-hybridized carbons (Fsp3) is 0.211. The SMILES string of the molecule is Cc1ccc(Cl)cc1NC(=O)CSc1nnc(COc2ccccc2)n1C. The summed E-state index contributed by atoms with van der Waals surface area (Å²) in [5.74, 6) is 1.55. The van der Waals surface area contributed by atoms with E-state index in [1.165, 1.54) is 11.8 Å². The van der Waals surface area contributed by atoms with Gasteiger partial charge in [0.25, 0.3) is 0 Å². The van der Waals surface area contributed by atoms with E-state index in [9.17, 15) is 4.79 Å². The van der Waals surface area contributed by atoms with Crippen molar-refractivity contribution >= 4 is 35.0 Å². The van der Waals surface area contributed by atoms with E-state index < -0.39 is 0 Å². The van der Waals surface area contributed by atoms with Gasteiger partial charge < -0.3 is 14.6 Å². The molecule has 8 heteroatoms. The van der Waals surface area contributed by atoms with Crippen molar-refractivity contribution in [1.29, 1.82) is 0 Å². The second-order valence-electron chi connectivity index (χ2n) is 5.86. The Kier molecular flexibility index (Phi) is 6.36. The van der Waals surface area contributed by atoms with Gasteiger partial charge >= 0.3 is 0 Å². The molecule has 27 heavy (non-hydrogen) atoms. The van der Waals surface area contributed by atoms with Crippen LogP contribution in [-0.2, 0) is 18.4 Å². The summed E-state index contributed by atoms with van der Waals surface area (Å²) in [6.07, 6.45) is 0. The molecule has 1 amide bonds. The number of hydrogen-bond donors (Lipinski definition) is 1. The van der Waals surface area contributed by atoms with Gasteiger partial charge in [-0.15, -0.1) is 10.2 Å². The van der Waals surface area contributed by atoms with E-state index in [0.29, 0.717) is 28.3 Å². The van der Waals surface area contributed by atoms with Crippen molar-refractivity contribution in [3.63, 3.8) is 0 Å². The first kappa shape index (κ1) is 19.3. The van der Waals surface area contributed by atoms with Crippen LogP contribution in [0.4, 0.5) is 5.69 Å². The molecule has 0 radical (unpaired) electrons. The van der Waals surface area contributed by atoms with E-state index in [-0.39, 0.29) is 11.7 Å². The summed E-state index contributed by atoms with van der Waals surface area (Å²) in [5.41, 5.74) is 1.67. The molecule has 0 fully saturated rings. The molecular weight excluding hydrogens is 384 g/mol.